The Labute approximate surface area is 336 Å². The molecule has 0 spiro atoms. The number of carbonyl (C=O) groups is 1. The summed E-state index contributed by atoms with van der Waals surface area (Å²) in [5, 5.41) is 71.7. The van der Waals surface area contributed by atoms with Crippen molar-refractivity contribution in [3.63, 3.8) is 0 Å². The van der Waals surface area contributed by atoms with Gasteiger partial charge in [0.25, 0.3) is 0 Å². The Kier molecular flexibility index (Phi) is 29.1. The fourth-order valence-corrected chi connectivity index (χ4v) is 7.17. The monoisotopic (exact) mass is 809 g/mol. The second kappa shape index (κ2) is 31.9. The molecule has 2 heterocycles. The molecule has 0 aromatic carbocycles. The minimum Gasteiger partial charge on any atom is -0.457 e. The van der Waals surface area contributed by atoms with E-state index < -0.39 is 80.7 Å². The number of rotatable bonds is 34. The fourth-order valence-electron chi connectivity index (χ4n) is 7.17. The van der Waals surface area contributed by atoms with Crippen LogP contribution in [-0.2, 0) is 33.2 Å². The van der Waals surface area contributed by atoms with E-state index >= 15 is 0 Å². The quantitative estimate of drug-likeness (QED) is 0.0351. The van der Waals surface area contributed by atoms with E-state index in [0.717, 1.165) is 38.5 Å². The van der Waals surface area contributed by atoms with Gasteiger partial charge in [0.05, 0.1) is 26.4 Å². The topological polar surface area (TPSA) is 214 Å². The Morgan fingerprint density at radius 1 is 0.518 bits per heavy atom. The van der Waals surface area contributed by atoms with Gasteiger partial charge in [-0.25, -0.2) is 0 Å². The minimum absolute atomic E-state index is 0.0687. The molecule has 0 aromatic rings. The van der Waals surface area contributed by atoms with Crippen molar-refractivity contribution in [3.05, 3.63) is 0 Å². The third-order valence-corrected chi connectivity index (χ3v) is 10.9. The van der Waals surface area contributed by atoms with Crippen LogP contribution in [0.25, 0.3) is 0 Å². The molecule has 0 aliphatic carbocycles. The molecule has 11 atom stereocenters. The molecule has 0 radical (unpaired) electrons. The normalized spacial score (nSPS) is 28.7. The van der Waals surface area contributed by atoms with E-state index in [1.165, 1.54) is 96.3 Å². The predicted molar refractivity (Wildman–Crippen MR) is 211 cm³/mol. The highest BCUT2D eigenvalue weighted by atomic mass is 16.7. The molecular weight excluding hydrogens is 728 g/mol. The van der Waals surface area contributed by atoms with Gasteiger partial charge in [0.15, 0.2) is 12.6 Å². The Balaban J connectivity index is 1.83. The van der Waals surface area contributed by atoms with Crippen molar-refractivity contribution >= 4 is 5.97 Å². The Bertz CT molecular complexity index is 943. The maximum absolute atomic E-state index is 12.9. The van der Waals surface area contributed by atoms with E-state index in [1.807, 2.05) is 0 Å². The Morgan fingerprint density at radius 3 is 1.45 bits per heavy atom. The lowest BCUT2D eigenvalue weighted by molar-refractivity contribution is -0.332. The van der Waals surface area contributed by atoms with E-state index in [2.05, 4.69) is 13.8 Å². The third-order valence-electron chi connectivity index (χ3n) is 10.9. The maximum Gasteiger partial charge on any atom is 0.306 e. The number of carbonyl (C=O) groups excluding carboxylic acids is 1. The molecule has 0 saturated carbocycles. The van der Waals surface area contributed by atoms with Gasteiger partial charge in [0, 0.05) is 13.0 Å². The molecule has 0 bridgehead atoms. The van der Waals surface area contributed by atoms with Crippen LogP contribution < -0.4 is 0 Å². The maximum atomic E-state index is 12.9. The zero-order chi connectivity index (χ0) is 41.0. The number of hydrogen-bond donors (Lipinski definition) is 7. The molecule has 2 fully saturated rings. The van der Waals surface area contributed by atoms with Crippen LogP contribution in [-0.4, -0.2) is 142 Å². The number of hydrogen-bond acceptors (Lipinski definition) is 14. The first kappa shape index (κ1) is 51.1. The second-order valence-corrected chi connectivity index (χ2v) is 15.9. The lowest BCUT2D eigenvalue weighted by Crippen LogP contribution is -2.61. The van der Waals surface area contributed by atoms with E-state index in [0.29, 0.717) is 13.0 Å². The second-order valence-electron chi connectivity index (χ2n) is 15.9. The summed E-state index contributed by atoms with van der Waals surface area (Å²) in [4.78, 5) is 12.9. The van der Waals surface area contributed by atoms with Crippen LogP contribution in [0.2, 0.25) is 0 Å². The number of esters is 1. The van der Waals surface area contributed by atoms with Crippen LogP contribution in [0.1, 0.15) is 162 Å². The first-order valence-corrected chi connectivity index (χ1v) is 22.1. The van der Waals surface area contributed by atoms with Gasteiger partial charge in [-0.15, -0.1) is 0 Å². The van der Waals surface area contributed by atoms with Crippen molar-refractivity contribution in [1.82, 2.24) is 0 Å². The molecule has 14 nitrogen and oxygen atoms in total. The molecule has 0 amide bonds. The van der Waals surface area contributed by atoms with Gasteiger partial charge in [0.1, 0.15) is 54.9 Å². The molecule has 2 aliphatic heterocycles. The highest BCUT2D eigenvalue weighted by Crippen LogP contribution is 2.26. The van der Waals surface area contributed by atoms with Crippen LogP contribution >= 0.6 is 0 Å². The van der Waals surface area contributed by atoms with E-state index in [9.17, 15) is 40.5 Å². The van der Waals surface area contributed by atoms with Crippen molar-refractivity contribution in [2.75, 3.05) is 33.0 Å². The van der Waals surface area contributed by atoms with Crippen molar-refractivity contribution in [1.29, 1.82) is 0 Å². The SMILES string of the molecule is CCCCCCCCCCCCCCC(=O)OC(COCCCCCCCCCCCC)COC1OC(COC2OC(CO)C(O)C(O)C2O)C(O)C(O)C1O. The molecule has 2 aliphatic rings. The highest BCUT2D eigenvalue weighted by Gasteiger charge is 2.47. The van der Waals surface area contributed by atoms with Gasteiger partial charge in [-0.2, -0.15) is 0 Å². The summed E-state index contributed by atoms with van der Waals surface area (Å²) < 4.78 is 34.1. The molecule has 14 heteroatoms. The molecule has 11 unspecified atom stereocenters. The van der Waals surface area contributed by atoms with Gasteiger partial charge in [-0.3, -0.25) is 4.79 Å². The first-order valence-electron chi connectivity index (χ1n) is 22.1. The van der Waals surface area contributed by atoms with Gasteiger partial charge in [-0.1, -0.05) is 142 Å². The number of aliphatic hydroxyl groups excluding tert-OH is 7. The number of unbranched alkanes of at least 4 members (excludes halogenated alkanes) is 20. The lowest BCUT2D eigenvalue weighted by Gasteiger charge is -2.42. The average Bonchev–Trinajstić information content (AvgIpc) is 3.19. The summed E-state index contributed by atoms with van der Waals surface area (Å²) in [6.45, 7) is 3.67. The minimum atomic E-state index is -1.70. The highest BCUT2D eigenvalue weighted by molar-refractivity contribution is 5.69. The van der Waals surface area contributed by atoms with Crippen molar-refractivity contribution < 1.29 is 69.0 Å². The van der Waals surface area contributed by atoms with Crippen LogP contribution in [0.5, 0.6) is 0 Å². The smallest absolute Gasteiger partial charge is 0.306 e. The van der Waals surface area contributed by atoms with Crippen LogP contribution in [0.3, 0.4) is 0 Å². The zero-order valence-corrected chi connectivity index (χ0v) is 34.6. The van der Waals surface area contributed by atoms with Crippen molar-refractivity contribution in [2.45, 2.75) is 229 Å². The Morgan fingerprint density at radius 2 is 0.946 bits per heavy atom. The van der Waals surface area contributed by atoms with Crippen molar-refractivity contribution in [3.8, 4) is 0 Å². The van der Waals surface area contributed by atoms with Crippen LogP contribution in [0.15, 0.2) is 0 Å². The van der Waals surface area contributed by atoms with E-state index in [-0.39, 0.29) is 25.6 Å². The van der Waals surface area contributed by atoms with Gasteiger partial charge in [0.2, 0.25) is 0 Å². The van der Waals surface area contributed by atoms with E-state index in [1.54, 1.807) is 0 Å². The molecule has 332 valence electrons. The predicted octanol–water partition coefficient (Wildman–Crippen LogP) is 4.57. The molecule has 56 heavy (non-hydrogen) atoms. The fraction of sp³-hybridized carbons (Fsp3) is 0.976. The molecule has 2 saturated heterocycles. The van der Waals surface area contributed by atoms with Crippen molar-refractivity contribution in [2.24, 2.45) is 0 Å². The van der Waals surface area contributed by atoms with Gasteiger partial charge >= 0.3 is 5.97 Å². The summed E-state index contributed by atoms with van der Waals surface area (Å²) in [7, 11) is 0. The van der Waals surface area contributed by atoms with Crippen LogP contribution in [0, 0.1) is 0 Å². The molecule has 7 N–H and O–H groups in total. The summed E-state index contributed by atoms with van der Waals surface area (Å²) in [6.07, 6.45) is 10.3. The summed E-state index contributed by atoms with van der Waals surface area (Å²) >= 11 is 0. The van der Waals surface area contributed by atoms with Gasteiger partial charge < -0.3 is 64.2 Å². The standard InChI is InChI=1S/C42H80O14/c1-3-5-7-9-11-13-15-16-17-19-21-23-25-34(44)54-31(28-51-26-24-22-20-18-14-12-10-8-6-4-2)29-52-41-40(50)38(48)36(46)33(56-41)30-53-42-39(49)37(47)35(45)32(27-43)55-42/h31-33,35-43,45-50H,3-30H2,1-2H3. The van der Waals surface area contributed by atoms with Crippen LogP contribution in [0.4, 0.5) is 0 Å². The number of aliphatic hydroxyl groups is 7. The molecular formula is C42H80O14. The average molecular weight is 809 g/mol. The number of ether oxygens (including phenoxy) is 6. The summed E-state index contributed by atoms with van der Waals surface area (Å²) in [5.41, 5.74) is 0. The first-order chi connectivity index (χ1) is 27.1. The molecule has 2 rings (SSSR count). The summed E-state index contributed by atoms with van der Waals surface area (Å²) in [5.74, 6) is -0.375. The van der Waals surface area contributed by atoms with E-state index in [4.69, 9.17) is 28.4 Å². The van der Waals surface area contributed by atoms with Gasteiger partial charge in [-0.05, 0) is 12.8 Å². The summed E-state index contributed by atoms with van der Waals surface area (Å²) in [6, 6.07) is 0. The Hall–Kier alpha value is -1.01. The lowest BCUT2D eigenvalue weighted by atomic mass is 9.98. The largest absolute Gasteiger partial charge is 0.457 e. The third kappa shape index (κ3) is 20.8. The molecule has 0 aromatic heterocycles. The zero-order valence-electron chi connectivity index (χ0n) is 34.6.